The zero-order chi connectivity index (χ0) is 110. The molecule has 0 atom stereocenters. The Morgan fingerprint density at radius 2 is 0.919 bits per heavy atom. The van der Waals surface area contributed by atoms with Crippen molar-refractivity contribution in [1.82, 2.24) is 60.0 Å². The molecule has 2 aliphatic heterocycles. The maximum atomic E-state index is 11.5. The van der Waals surface area contributed by atoms with Crippen LogP contribution in [0.5, 0.6) is 11.5 Å². The average Bonchev–Trinajstić information content (AvgIpc) is 1.65. The number of nitrogens with zero attached hydrogens (tertiary/aromatic N) is 10. The van der Waals surface area contributed by atoms with E-state index in [-0.39, 0.29) is 77.6 Å². The fourth-order valence-electron chi connectivity index (χ4n) is 11.9. The van der Waals surface area contributed by atoms with Crippen LogP contribution >= 0.6 is 144 Å². The molecule has 62 heteroatoms. The standard InChI is InChI=1S/C15H15ClN4O.C10H4Cl2N2O.C10H5ClN2O2.C9H5ClN2O4.C9H7ClN2O2.C8H4ClNO3.C7H6ClNO2.C7H16O3.C5H12N2.C4H7NO4.C2H6O.CH4.Cl3OP.ClH.2Na.O4S2/c1-19-4-6-20(7-5-19)15-13-14(21-9-17-13)11-8-10(16)2-3-12(11)18-15;11-5-1-2-7-6(3-5)9-8(10(12)14-7)13-4-15-9;11-5-1-2-7-6(3-5)9-8(10(14)13-7)12-4-15-9;10-4-1-2-6-5(3-4)8(13)7(12(15)16)9(14)11-6;10-4-1-2-6-5(3-4)8(13)7(11)9(14)12-6;9-4-1-2-6-5(3-4)7(11)13-8(12)10-6;8-4-1-2-6(9)5(3-4)7(10)11;1-4-8-7(9-5-2)10-6-3;1-7-4-2-6-3-5-7;1-3-8-9-4(2)5(6)7;1-2-3;;1-5(2,3)4;;;;1-5(2)6(3)4/h2-3,8-9H,4-7H2,1H3;1-4H;1-4H,(H,13,14);1-3H,(H2,11,13,14);1-3H,11H2,(H2,12,13,14);1-3H,(H,10,12);1-3H,9H2,(H,10,11);7H,4-6H2,1-3H3;6H,2-5H2,1H3;2-3H2,1H3;3H,2H2,1H3;1H4;;1H;;;. The number of carbonyl (C=O) groups is 1. The van der Waals surface area contributed by atoms with Crippen molar-refractivity contribution in [2.75, 3.05) is 116 Å². The zero-order valence-electron chi connectivity index (χ0n) is 78.9. The number of hydrogen-bond acceptors (Lipinski definition) is 38. The Kier molecular flexibility index (Phi) is 60.5. The monoisotopic (exact) mass is 2380 g/mol. The third-order valence-corrected chi connectivity index (χ3v) is 21.0. The van der Waals surface area contributed by atoms with E-state index in [4.69, 9.17) is 164 Å². The number of anilines is 3. The van der Waals surface area contributed by atoms with Crippen LogP contribution in [0.15, 0.2) is 201 Å². The number of rotatable bonds is 13. The van der Waals surface area contributed by atoms with Crippen molar-refractivity contribution in [3.63, 3.8) is 0 Å². The number of aromatic carboxylic acids is 1. The molecular weight excluding hydrogens is 2300 g/mol. The molecule has 16 aromatic rings. The molecule has 7 aromatic carbocycles. The van der Waals surface area contributed by atoms with E-state index < -0.39 is 85.8 Å². The van der Waals surface area contributed by atoms with Gasteiger partial charge < -0.3 is 98.7 Å². The first-order chi connectivity index (χ1) is 69.6. The fraction of sp³-hybridized carbons (Fsp3) is 0.253. The SMILES string of the molecule is C.C=C(OOCC)[N+](=O)[O-].CCO.CCOC(OCC)OCC.CN1CCN(c2nc3ccc(Cl)cc3c3ocnc23)CC1.CN1CCNCC1.Cl.Clc1ccc2nc(Cl)c3ncoc3c2c1.Nc1c(O)c2cc(Cl)ccc2[nH]c1=O.Nc1ccc(Cl)cc1C(=O)O.O=P(Cl)(Cl)Cl.O=S(=O)=S(=O)=O.O=c1[nH]c2ccc(Cl)cc2c(=O)o1.O=c1[nH]c2ccc(Cl)cc2c(O)c1[N+](=O)[O-].O=c1[nH]c2ccc(Cl)cc2c2ocnc12.[Na][Na]. The Labute approximate surface area is 935 Å². The quantitative estimate of drug-likeness (QED) is 0.00588. The summed E-state index contributed by atoms with van der Waals surface area (Å²) in [5, 5.41) is 62.8. The van der Waals surface area contributed by atoms with Gasteiger partial charge in [-0.15, -0.1) is 12.4 Å². The number of benzene rings is 7. The minimum atomic E-state index is -3.22. The number of ether oxygens (including phenoxy) is 3. The number of carboxylic acids is 1. The molecule has 2 saturated heterocycles. The number of nitrogens with two attached hydrogens (primary N) is 2. The van der Waals surface area contributed by atoms with Crippen LogP contribution in [0.2, 0.25) is 40.3 Å². The molecule has 13 N–H and O–H groups in total. The number of aliphatic hydroxyl groups excluding tert-OH is 1. The normalized spacial score (nSPS) is 11.7. The van der Waals surface area contributed by atoms with Gasteiger partial charge in [0.2, 0.25) is 5.75 Å². The Balaban J connectivity index is 0.000000422. The molecule has 45 nitrogen and oxygen atoms in total. The molecule has 11 heterocycles. The van der Waals surface area contributed by atoms with Crippen LogP contribution in [0.1, 0.15) is 52.4 Å². The molecule has 18 rings (SSSR count). The fourth-order valence-corrected chi connectivity index (χ4v) is 13.3. The van der Waals surface area contributed by atoms with Gasteiger partial charge in [-0.3, -0.25) is 49.0 Å². The third-order valence-electron chi connectivity index (χ3n) is 18.3. The molecule has 0 aliphatic carbocycles. The molecule has 796 valence electrons. The zero-order valence-corrected chi connectivity index (χ0v) is 94.5. The van der Waals surface area contributed by atoms with Crippen molar-refractivity contribution in [3.05, 3.63) is 277 Å². The number of aromatic nitrogens is 9. The Bertz CT molecular complexity index is 7820. The van der Waals surface area contributed by atoms with Gasteiger partial charge in [-0.05, 0) is 210 Å². The van der Waals surface area contributed by atoms with Crippen LogP contribution in [-0.2, 0) is 47.1 Å². The van der Waals surface area contributed by atoms with E-state index in [1.165, 1.54) is 112 Å². The number of carboxylic acid groups (broad SMARTS) is 1. The molecule has 0 radical (unpaired) electrons. The van der Waals surface area contributed by atoms with E-state index in [1.54, 1.807) is 86.6 Å². The first-order valence-electron chi connectivity index (χ1n) is 42.3. The third kappa shape index (κ3) is 43.7. The molecule has 0 unspecified atom stereocenters. The first-order valence-corrected chi connectivity index (χ1v) is 60.4. The summed E-state index contributed by atoms with van der Waals surface area (Å²) in [7, 11) is -1.61. The summed E-state index contributed by atoms with van der Waals surface area (Å²) >= 11 is 63.2. The van der Waals surface area contributed by atoms with Crippen LogP contribution in [0.3, 0.4) is 0 Å². The number of nitrogens with one attached hydrogen (secondary N) is 5. The number of H-pyrrole nitrogens is 4. The molecule has 2 aliphatic rings. The first kappa shape index (κ1) is 133. The summed E-state index contributed by atoms with van der Waals surface area (Å²) in [6.45, 7) is 22.6. The van der Waals surface area contributed by atoms with E-state index in [1.807, 2.05) is 39.0 Å². The number of aromatic amines is 4. The van der Waals surface area contributed by atoms with Gasteiger partial charge >= 0.3 is 102 Å². The van der Waals surface area contributed by atoms with Crippen LogP contribution in [0.25, 0.3) is 98.7 Å². The van der Waals surface area contributed by atoms with Crippen molar-refractivity contribution in [2.45, 2.75) is 48.5 Å². The van der Waals surface area contributed by atoms with Crippen molar-refractivity contribution in [2.24, 2.45) is 0 Å². The molecule has 149 heavy (non-hydrogen) atoms. The number of aromatic hydroxyl groups is 2. The summed E-state index contributed by atoms with van der Waals surface area (Å²) in [5.74, 6) is -2.43. The number of aliphatic hydroxyl groups is 1. The molecule has 0 bridgehead atoms. The van der Waals surface area contributed by atoms with Crippen LogP contribution in [0, 0.1) is 20.2 Å². The van der Waals surface area contributed by atoms with Gasteiger partial charge in [-0.25, -0.2) is 39.3 Å². The van der Waals surface area contributed by atoms with Crippen molar-refractivity contribution in [1.29, 1.82) is 0 Å². The van der Waals surface area contributed by atoms with Crippen molar-refractivity contribution < 1.29 is 98.1 Å². The molecule has 0 saturated carbocycles. The second-order valence-electron chi connectivity index (χ2n) is 28.2. The Morgan fingerprint density at radius 3 is 1.35 bits per heavy atom. The minimum absolute atomic E-state index is 0. The van der Waals surface area contributed by atoms with E-state index in [0.29, 0.717) is 104 Å². The number of nitro groups is 2. The number of hydrogen-bond donors (Lipinski definition) is 11. The van der Waals surface area contributed by atoms with Gasteiger partial charge in [0.05, 0.1) is 55.6 Å². The number of oxazole rings is 3. The molecule has 2 fully saturated rings. The van der Waals surface area contributed by atoms with E-state index in [0.717, 1.165) is 83.4 Å². The van der Waals surface area contributed by atoms with Crippen molar-refractivity contribution in [3.8, 4) is 11.5 Å². The van der Waals surface area contributed by atoms with Crippen LogP contribution in [0.4, 0.5) is 22.9 Å². The summed E-state index contributed by atoms with van der Waals surface area (Å²) in [6, 6.07) is 34.2. The predicted octanol–water partition coefficient (Wildman–Crippen LogP) is 18.2. The van der Waals surface area contributed by atoms with E-state index >= 15 is 0 Å². The maximum absolute atomic E-state index is 11.5. The van der Waals surface area contributed by atoms with Gasteiger partial charge in [0.25, 0.3) is 17.6 Å². The van der Waals surface area contributed by atoms with Gasteiger partial charge in [0, 0.05) is 153 Å². The number of fused-ring (bicyclic) bond motifs is 12. The second-order valence-corrected chi connectivity index (χ2v) is 40.7. The number of nitrogen functional groups attached to an aromatic ring is 2. The van der Waals surface area contributed by atoms with Gasteiger partial charge in [-0.1, -0.05) is 100 Å². The number of likely N-dealkylation sites (N-methyl/N-ethyl adjacent to an activating group) is 2. The van der Waals surface area contributed by atoms with Gasteiger partial charge in [-0.2, -0.15) is 21.7 Å². The van der Waals surface area contributed by atoms with Crippen molar-refractivity contribution >= 4 is 334 Å². The van der Waals surface area contributed by atoms with Gasteiger partial charge in [0.1, 0.15) is 16.1 Å². The molecule has 0 amide bonds. The molecule has 9 aromatic heterocycles. The summed E-state index contributed by atoms with van der Waals surface area (Å²) < 4.78 is 81.5. The number of pyridine rings is 5. The van der Waals surface area contributed by atoms with E-state index in [9.17, 15) is 63.8 Å². The second kappa shape index (κ2) is 67.6. The summed E-state index contributed by atoms with van der Waals surface area (Å²) in [5.41, 5.74) is 14.6. The van der Waals surface area contributed by atoms with Crippen LogP contribution in [-0.4, -0.2) is 257 Å². The molecular formula is C87H92Cl12N17Na2O28PS2. The number of piperazine rings is 2. The molecule has 0 spiro atoms. The van der Waals surface area contributed by atoms with Gasteiger partial charge in [0.15, 0.2) is 63.7 Å². The summed E-state index contributed by atoms with van der Waals surface area (Å²) in [6.07, 6.45) is 4.07. The predicted molar refractivity (Wildman–Crippen MR) is 584 cm³/mol. The Hall–Kier alpha value is -9.82. The number of halogens is 12. The van der Waals surface area contributed by atoms with Crippen LogP contribution < -0.4 is 49.7 Å². The Morgan fingerprint density at radius 1 is 0.544 bits per heavy atom. The summed E-state index contributed by atoms with van der Waals surface area (Å²) in [4.78, 5) is 131. The van der Waals surface area contributed by atoms with E-state index in [2.05, 4.69) is 128 Å². The topological polar surface area (TPSA) is 655 Å². The average molecular weight is 2390 g/mol.